The topological polar surface area (TPSA) is 203 Å². The van der Waals surface area contributed by atoms with Crippen LogP contribution in [0.3, 0.4) is 0 Å². The fourth-order valence-corrected chi connectivity index (χ4v) is 4.45. The van der Waals surface area contributed by atoms with Gasteiger partial charge in [0.25, 0.3) is 20.2 Å². The van der Waals surface area contributed by atoms with Crippen molar-refractivity contribution < 1.29 is 53.3 Å². The van der Waals surface area contributed by atoms with E-state index in [9.17, 15) is 34.6 Å². The molecule has 28 heavy (non-hydrogen) atoms. The van der Waals surface area contributed by atoms with Gasteiger partial charge in [-0.1, -0.05) is 0 Å². The lowest BCUT2D eigenvalue weighted by Crippen LogP contribution is -2.52. The Labute approximate surface area is 165 Å². The molecule has 0 saturated carbocycles. The molecule has 12 nitrogen and oxygen atoms in total. The quantitative estimate of drug-likeness (QED) is 0.188. The number of hydrogen-bond acceptors (Lipinski definition) is 8. The van der Waals surface area contributed by atoms with Gasteiger partial charge in [-0.25, -0.2) is 8.42 Å². The number of rotatable bonds is 16. The van der Waals surface area contributed by atoms with Crippen LogP contribution in [0, 0.1) is 0 Å². The lowest BCUT2D eigenvalue weighted by Gasteiger charge is -2.39. The Morgan fingerprint density at radius 1 is 0.714 bits per heavy atom. The molecule has 168 valence electrons. The fourth-order valence-electron chi connectivity index (χ4n) is 2.98. The van der Waals surface area contributed by atoms with E-state index in [0.29, 0.717) is 0 Å². The van der Waals surface area contributed by atoms with Gasteiger partial charge in [-0.15, -0.1) is 0 Å². The first kappa shape index (κ1) is 27.2. The second-order valence-electron chi connectivity index (χ2n) is 6.63. The van der Waals surface area contributed by atoms with Gasteiger partial charge in [0.05, 0.1) is 54.2 Å². The molecule has 0 heterocycles. The van der Waals surface area contributed by atoms with Gasteiger partial charge in [-0.05, 0) is 0 Å². The molecule has 0 aromatic heterocycles. The second-order valence-corrected chi connectivity index (χ2v) is 11.3. The number of aliphatic carboxylic acids is 1. The number of quaternary nitrogens is 1. The van der Waals surface area contributed by atoms with Gasteiger partial charge in [0, 0.05) is 31.4 Å². The Hall–Kier alpha value is -0.840. The number of carboxylic acid groups (broad SMARTS) is 1. The standard InChI is InChI=1S/C13H27NO11S3/c15-13(16)5-1-6-14(7-2-10-26(17,18)19,8-3-11-27(20,21)22)9-4-12-28(23,24)25/h1-12H2,(H3-,15,16,17,18,19,20,21,22,23,24,25). The van der Waals surface area contributed by atoms with Crippen LogP contribution in [0.15, 0.2) is 0 Å². The highest BCUT2D eigenvalue weighted by Crippen LogP contribution is 2.16. The number of carbonyl (C=O) groups is 1. The number of hydrogen-bond donors (Lipinski definition) is 3. The van der Waals surface area contributed by atoms with Gasteiger partial charge in [-0.2, -0.15) is 16.8 Å². The molecule has 0 rings (SSSR count). The second kappa shape index (κ2) is 11.4. The zero-order valence-corrected chi connectivity index (χ0v) is 17.7. The summed E-state index contributed by atoms with van der Waals surface area (Å²) < 4.78 is 94.1. The minimum absolute atomic E-state index is 0.0339. The first-order valence-corrected chi connectivity index (χ1v) is 13.2. The molecular formula is C13H27NO11S3. The molecule has 15 heteroatoms. The van der Waals surface area contributed by atoms with Crippen molar-refractivity contribution in [2.24, 2.45) is 0 Å². The number of nitrogens with zero attached hydrogens (tertiary/aromatic N) is 1. The zero-order chi connectivity index (χ0) is 22.1. The summed E-state index contributed by atoms with van der Waals surface area (Å²) in [4.78, 5) is 10.8. The maximum Gasteiger partial charge on any atom is 0.303 e. The van der Waals surface area contributed by atoms with Crippen molar-refractivity contribution in [3.8, 4) is 0 Å². The van der Waals surface area contributed by atoms with E-state index in [1.807, 2.05) is 0 Å². The lowest BCUT2D eigenvalue weighted by molar-refractivity contribution is -0.928. The molecule has 0 amide bonds. The summed E-state index contributed by atoms with van der Waals surface area (Å²) in [6, 6.07) is 0. The third-order valence-electron chi connectivity index (χ3n) is 4.12. The van der Waals surface area contributed by atoms with Crippen LogP contribution in [0.25, 0.3) is 0 Å². The maximum absolute atomic E-state index is 10.9. The van der Waals surface area contributed by atoms with Crippen LogP contribution in [0.4, 0.5) is 0 Å². The summed E-state index contributed by atoms with van der Waals surface area (Å²) in [6.07, 6.45) is -0.228. The molecular weight excluding hydrogens is 442 g/mol. The van der Waals surface area contributed by atoms with Crippen molar-refractivity contribution >= 4 is 36.3 Å². The third-order valence-corrected chi connectivity index (χ3v) is 6.52. The molecule has 0 unspecified atom stereocenters. The first-order valence-electron chi connectivity index (χ1n) is 8.44. The molecule has 0 aromatic rings. The smallest absolute Gasteiger partial charge is 0.303 e. The Morgan fingerprint density at radius 2 is 1.07 bits per heavy atom. The maximum atomic E-state index is 10.9. The first-order chi connectivity index (χ1) is 12.5. The third kappa shape index (κ3) is 16.1. The highest BCUT2D eigenvalue weighted by molar-refractivity contribution is 7.86. The van der Waals surface area contributed by atoms with E-state index in [4.69, 9.17) is 14.2 Å². The van der Waals surface area contributed by atoms with Gasteiger partial charge in [0.2, 0.25) is 0 Å². The van der Waals surface area contributed by atoms with Gasteiger partial charge in [0.1, 0.15) is 0 Å². The summed E-state index contributed by atoms with van der Waals surface area (Å²) in [5.74, 6) is -2.91. The van der Waals surface area contributed by atoms with Crippen molar-refractivity contribution in [1.29, 1.82) is 0 Å². The van der Waals surface area contributed by atoms with E-state index in [2.05, 4.69) is 0 Å². The van der Waals surface area contributed by atoms with Gasteiger partial charge in [-0.3, -0.25) is 13.9 Å². The van der Waals surface area contributed by atoms with Crippen LogP contribution in [0.5, 0.6) is 0 Å². The van der Waals surface area contributed by atoms with Crippen molar-refractivity contribution in [2.45, 2.75) is 32.1 Å². The summed E-state index contributed by atoms with van der Waals surface area (Å²) in [7, 11) is -13.0. The van der Waals surface area contributed by atoms with Crippen molar-refractivity contribution in [3.63, 3.8) is 0 Å². The molecule has 0 aromatic carbocycles. The lowest BCUT2D eigenvalue weighted by atomic mass is 10.2. The van der Waals surface area contributed by atoms with Gasteiger partial charge >= 0.3 is 5.97 Å². The van der Waals surface area contributed by atoms with E-state index in [1.54, 1.807) is 0 Å². The molecule has 0 radical (unpaired) electrons. The van der Waals surface area contributed by atoms with Crippen molar-refractivity contribution in [2.75, 3.05) is 43.4 Å². The Morgan fingerprint density at radius 3 is 1.39 bits per heavy atom. The molecule has 0 bridgehead atoms. The molecule has 0 saturated heterocycles. The monoisotopic (exact) mass is 469 g/mol. The summed E-state index contributed by atoms with van der Waals surface area (Å²) in [6.45, 7) is 0.410. The molecule has 0 spiro atoms. The van der Waals surface area contributed by atoms with E-state index >= 15 is 0 Å². The van der Waals surface area contributed by atoms with Crippen LogP contribution in [0.1, 0.15) is 32.1 Å². The van der Waals surface area contributed by atoms with Crippen LogP contribution < -0.4 is 0 Å². The molecule has 0 aliphatic carbocycles. The molecule has 0 atom stereocenters. The van der Waals surface area contributed by atoms with Crippen molar-refractivity contribution in [3.05, 3.63) is 0 Å². The van der Waals surface area contributed by atoms with E-state index in [0.717, 1.165) is 0 Å². The summed E-state index contributed by atoms with van der Waals surface area (Å²) >= 11 is 0. The Balaban J connectivity index is 5.34. The predicted molar refractivity (Wildman–Crippen MR) is 97.8 cm³/mol. The molecule has 3 N–H and O–H groups in total. The molecule has 0 aliphatic heterocycles. The van der Waals surface area contributed by atoms with Crippen molar-refractivity contribution in [1.82, 2.24) is 0 Å². The zero-order valence-electron chi connectivity index (χ0n) is 15.3. The highest BCUT2D eigenvalue weighted by Gasteiger charge is 2.28. The normalized spacial score (nSPS) is 13.5. The van der Waals surface area contributed by atoms with Crippen LogP contribution in [-0.2, 0) is 35.1 Å². The van der Waals surface area contributed by atoms with Crippen LogP contribution in [0.2, 0.25) is 0 Å². The van der Waals surface area contributed by atoms with Crippen LogP contribution in [-0.4, -0.2) is 97.9 Å². The number of carboxylic acids is 1. The molecule has 0 aliphatic rings. The van der Waals surface area contributed by atoms with Gasteiger partial charge in [0.15, 0.2) is 0 Å². The summed E-state index contributed by atoms with van der Waals surface area (Å²) in [5, 5.41) is 8.81. The largest absolute Gasteiger partial charge is 0.748 e. The van der Waals surface area contributed by atoms with E-state index in [1.165, 1.54) is 0 Å². The average Bonchev–Trinajstić information content (AvgIpc) is 2.42. The average molecular weight is 470 g/mol. The minimum atomic E-state index is -4.49. The van der Waals surface area contributed by atoms with E-state index in [-0.39, 0.29) is 62.8 Å². The highest BCUT2D eigenvalue weighted by atomic mass is 32.2. The SMILES string of the molecule is O=C(O)CCC[N+](CCCS(=O)(=O)[O-])(CCCS(=O)(=O)O)CCCS(=O)(=O)O. The Bertz CT molecular complexity index is 710. The van der Waals surface area contributed by atoms with Gasteiger partial charge < -0.3 is 14.1 Å². The van der Waals surface area contributed by atoms with Crippen LogP contribution >= 0.6 is 0 Å². The summed E-state index contributed by atoms with van der Waals surface area (Å²) in [5.41, 5.74) is 0. The predicted octanol–water partition coefficient (Wildman–Crippen LogP) is -0.841. The minimum Gasteiger partial charge on any atom is -0.748 e. The Kier molecular flexibility index (Phi) is 11.0. The van der Waals surface area contributed by atoms with E-state index < -0.39 is 53.6 Å². The molecule has 0 fully saturated rings. The fraction of sp³-hybridized carbons (Fsp3) is 0.923.